The molecule has 0 bridgehead atoms. The molecule has 0 saturated carbocycles. The third-order valence-electron chi connectivity index (χ3n) is 3.35. The molecule has 2 N–H and O–H groups in total. The van der Waals surface area contributed by atoms with E-state index in [4.69, 9.17) is 4.74 Å². The van der Waals surface area contributed by atoms with Gasteiger partial charge in [0.1, 0.15) is 5.82 Å². The second-order valence-electron chi connectivity index (χ2n) is 5.04. The molecule has 0 fully saturated rings. The van der Waals surface area contributed by atoms with E-state index >= 15 is 0 Å². The van der Waals surface area contributed by atoms with Crippen LogP contribution in [0.1, 0.15) is 11.3 Å². The van der Waals surface area contributed by atoms with Crippen LogP contribution < -0.4 is 10.6 Å². The van der Waals surface area contributed by atoms with Gasteiger partial charge in [-0.3, -0.25) is 9.78 Å². The van der Waals surface area contributed by atoms with Gasteiger partial charge in [0, 0.05) is 42.9 Å². The van der Waals surface area contributed by atoms with Crippen LogP contribution in [0.5, 0.6) is 0 Å². The lowest BCUT2D eigenvalue weighted by atomic mass is 10.2. The number of aryl methyl sites for hydroxylation is 1. The minimum absolute atomic E-state index is 0.111. The van der Waals surface area contributed by atoms with Gasteiger partial charge in [-0.2, -0.15) is 0 Å². The van der Waals surface area contributed by atoms with E-state index in [0.717, 1.165) is 16.8 Å². The highest BCUT2D eigenvalue weighted by Crippen LogP contribution is 2.20. The summed E-state index contributed by atoms with van der Waals surface area (Å²) in [7, 11) is 1.59. The first kappa shape index (κ1) is 16.8. The number of nitrogens with one attached hydrogen (secondary N) is 2. The molecule has 23 heavy (non-hydrogen) atoms. The van der Waals surface area contributed by atoms with Crippen LogP contribution in [0, 0.1) is 13.8 Å². The van der Waals surface area contributed by atoms with Crippen LogP contribution in [0.3, 0.4) is 0 Å². The van der Waals surface area contributed by atoms with Crippen molar-refractivity contribution in [1.29, 1.82) is 0 Å². The number of amides is 1. The SMILES string of the molecule is COCCNC(=O)CNc1nc(-c2cccnc2)nc(C)c1C. The van der Waals surface area contributed by atoms with E-state index < -0.39 is 0 Å². The Bertz CT molecular complexity index is 661. The van der Waals surface area contributed by atoms with Crippen LogP contribution in [-0.4, -0.2) is 47.7 Å². The summed E-state index contributed by atoms with van der Waals surface area (Å²) in [5.74, 6) is 1.13. The maximum Gasteiger partial charge on any atom is 0.239 e. The van der Waals surface area contributed by atoms with Crippen molar-refractivity contribution < 1.29 is 9.53 Å². The maximum atomic E-state index is 11.8. The van der Waals surface area contributed by atoms with E-state index in [-0.39, 0.29) is 12.5 Å². The van der Waals surface area contributed by atoms with Crippen molar-refractivity contribution in [2.45, 2.75) is 13.8 Å². The van der Waals surface area contributed by atoms with Crippen molar-refractivity contribution in [2.75, 3.05) is 32.1 Å². The number of methoxy groups -OCH3 is 1. The minimum atomic E-state index is -0.111. The second kappa shape index (κ2) is 8.19. The van der Waals surface area contributed by atoms with Crippen molar-refractivity contribution in [2.24, 2.45) is 0 Å². The predicted octanol–water partition coefficient (Wildman–Crippen LogP) is 1.33. The molecular weight excluding hydrogens is 294 g/mol. The molecule has 7 heteroatoms. The van der Waals surface area contributed by atoms with Crippen LogP contribution in [0.4, 0.5) is 5.82 Å². The van der Waals surface area contributed by atoms with Crippen molar-refractivity contribution >= 4 is 11.7 Å². The standard InChI is InChI=1S/C16H21N5O2/c1-11-12(2)20-16(13-5-4-6-17-9-13)21-15(11)19-10-14(22)18-7-8-23-3/h4-6,9H,7-8,10H2,1-3H3,(H,18,22)(H,19,20,21). The zero-order valence-electron chi connectivity index (χ0n) is 13.6. The molecule has 122 valence electrons. The van der Waals surface area contributed by atoms with Crippen LogP contribution in [0.15, 0.2) is 24.5 Å². The third-order valence-corrected chi connectivity index (χ3v) is 3.35. The van der Waals surface area contributed by atoms with Crippen LogP contribution in [-0.2, 0) is 9.53 Å². The van der Waals surface area contributed by atoms with Gasteiger partial charge in [-0.25, -0.2) is 9.97 Å². The van der Waals surface area contributed by atoms with Crippen molar-refractivity contribution in [1.82, 2.24) is 20.3 Å². The summed E-state index contributed by atoms with van der Waals surface area (Å²) in [5, 5.41) is 5.82. The van der Waals surface area contributed by atoms with Gasteiger partial charge in [0.2, 0.25) is 5.91 Å². The van der Waals surface area contributed by atoms with Gasteiger partial charge in [-0.1, -0.05) is 0 Å². The van der Waals surface area contributed by atoms with Crippen molar-refractivity contribution in [3.05, 3.63) is 35.8 Å². The molecule has 2 aromatic rings. The summed E-state index contributed by atoms with van der Waals surface area (Å²) < 4.78 is 4.89. The largest absolute Gasteiger partial charge is 0.383 e. The zero-order chi connectivity index (χ0) is 16.7. The number of ether oxygens (including phenoxy) is 1. The van der Waals surface area contributed by atoms with Gasteiger partial charge < -0.3 is 15.4 Å². The van der Waals surface area contributed by atoms with Crippen molar-refractivity contribution in [3.8, 4) is 11.4 Å². The molecule has 0 aliphatic carbocycles. The number of rotatable bonds is 7. The highest BCUT2D eigenvalue weighted by Gasteiger charge is 2.10. The van der Waals surface area contributed by atoms with Gasteiger partial charge in [0.05, 0.1) is 13.2 Å². The normalized spacial score (nSPS) is 10.4. The number of hydrogen-bond donors (Lipinski definition) is 2. The van der Waals surface area contributed by atoms with Crippen LogP contribution in [0.25, 0.3) is 11.4 Å². The predicted molar refractivity (Wildman–Crippen MR) is 88.1 cm³/mol. The Labute approximate surface area is 135 Å². The number of hydrogen-bond acceptors (Lipinski definition) is 6. The average Bonchev–Trinajstić information content (AvgIpc) is 2.57. The molecule has 0 aromatic carbocycles. The lowest BCUT2D eigenvalue weighted by Gasteiger charge is -2.12. The Hall–Kier alpha value is -2.54. The Morgan fingerprint density at radius 3 is 2.83 bits per heavy atom. The van der Waals surface area contributed by atoms with E-state index in [9.17, 15) is 4.79 Å². The topological polar surface area (TPSA) is 89.0 Å². The van der Waals surface area contributed by atoms with E-state index in [1.807, 2.05) is 26.0 Å². The molecule has 0 aliphatic rings. The molecule has 7 nitrogen and oxygen atoms in total. The molecule has 0 aliphatic heterocycles. The van der Waals surface area contributed by atoms with E-state index in [1.54, 1.807) is 19.5 Å². The molecular formula is C16H21N5O2. The summed E-state index contributed by atoms with van der Waals surface area (Å²) in [6.45, 7) is 4.96. The lowest BCUT2D eigenvalue weighted by molar-refractivity contribution is -0.119. The van der Waals surface area contributed by atoms with Gasteiger partial charge in [-0.05, 0) is 26.0 Å². The quantitative estimate of drug-likeness (QED) is 0.749. The van der Waals surface area contributed by atoms with E-state index in [1.165, 1.54) is 0 Å². The average molecular weight is 315 g/mol. The molecule has 2 rings (SSSR count). The van der Waals surface area contributed by atoms with Gasteiger partial charge in [0.15, 0.2) is 5.82 Å². The number of aromatic nitrogens is 3. The summed E-state index contributed by atoms with van der Waals surface area (Å²) >= 11 is 0. The number of anilines is 1. The second-order valence-corrected chi connectivity index (χ2v) is 5.04. The van der Waals surface area contributed by atoms with E-state index in [2.05, 4.69) is 25.6 Å². The maximum absolute atomic E-state index is 11.8. The Balaban J connectivity index is 2.09. The molecule has 0 spiro atoms. The number of carbonyl (C=O) groups is 1. The Kier molecular flexibility index (Phi) is 5.99. The van der Waals surface area contributed by atoms with E-state index in [0.29, 0.717) is 24.8 Å². The molecule has 0 radical (unpaired) electrons. The first-order valence-electron chi connectivity index (χ1n) is 7.37. The molecule has 2 heterocycles. The molecule has 0 unspecified atom stereocenters. The fraction of sp³-hybridized carbons (Fsp3) is 0.375. The van der Waals surface area contributed by atoms with Crippen molar-refractivity contribution in [3.63, 3.8) is 0 Å². The summed E-state index contributed by atoms with van der Waals surface area (Å²) in [6, 6.07) is 3.74. The number of pyridine rings is 1. The summed E-state index contributed by atoms with van der Waals surface area (Å²) in [5.41, 5.74) is 2.62. The van der Waals surface area contributed by atoms with Gasteiger partial charge >= 0.3 is 0 Å². The molecule has 0 saturated heterocycles. The number of carbonyl (C=O) groups excluding carboxylic acids is 1. The van der Waals surface area contributed by atoms with Gasteiger partial charge in [-0.15, -0.1) is 0 Å². The fourth-order valence-electron chi connectivity index (χ4n) is 1.94. The summed E-state index contributed by atoms with van der Waals surface area (Å²) in [6.07, 6.45) is 3.42. The first-order valence-corrected chi connectivity index (χ1v) is 7.37. The fourth-order valence-corrected chi connectivity index (χ4v) is 1.94. The highest BCUT2D eigenvalue weighted by molar-refractivity contribution is 5.80. The monoisotopic (exact) mass is 315 g/mol. The number of nitrogens with zero attached hydrogens (tertiary/aromatic N) is 3. The van der Waals surface area contributed by atoms with Gasteiger partial charge in [0.25, 0.3) is 0 Å². The van der Waals surface area contributed by atoms with Crippen LogP contribution >= 0.6 is 0 Å². The highest BCUT2D eigenvalue weighted by atomic mass is 16.5. The molecule has 0 atom stereocenters. The smallest absolute Gasteiger partial charge is 0.239 e. The van der Waals surface area contributed by atoms with Crippen LogP contribution in [0.2, 0.25) is 0 Å². The molecule has 1 amide bonds. The lowest BCUT2D eigenvalue weighted by Crippen LogP contribution is -2.32. The summed E-state index contributed by atoms with van der Waals surface area (Å²) in [4.78, 5) is 24.8. The Morgan fingerprint density at radius 1 is 1.30 bits per heavy atom. The first-order chi connectivity index (χ1) is 11.1. The molecule has 2 aromatic heterocycles. The minimum Gasteiger partial charge on any atom is -0.383 e. The zero-order valence-corrected chi connectivity index (χ0v) is 13.6. The Morgan fingerprint density at radius 2 is 2.13 bits per heavy atom. The third kappa shape index (κ3) is 4.72.